The van der Waals surface area contributed by atoms with Crippen molar-refractivity contribution in [3.05, 3.63) is 47.7 Å². The van der Waals surface area contributed by atoms with E-state index in [1.165, 1.54) is 38.5 Å². The summed E-state index contributed by atoms with van der Waals surface area (Å²) in [6, 6.07) is 5.28. The van der Waals surface area contributed by atoms with Gasteiger partial charge in [-0.2, -0.15) is 0 Å². The zero-order valence-corrected chi connectivity index (χ0v) is 21.5. The molecule has 3 heterocycles. The molecule has 196 valence electrons. The molecule has 0 spiro atoms. The fraction of sp³-hybridized carbons (Fsp3) is 0.517. The van der Waals surface area contributed by atoms with Crippen LogP contribution in [0.2, 0.25) is 0 Å². The monoisotopic (exact) mass is 503 g/mol. The summed E-state index contributed by atoms with van der Waals surface area (Å²) in [5, 5.41) is 5.92. The summed E-state index contributed by atoms with van der Waals surface area (Å²) in [5.74, 6) is -0.539. The number of piperidine rings is 2. The maximum Gasteiger partial charge on any atom is 0.225 e. The van der Waals surface area contributed by atoms with Gasteiger partial charge in [-0.1, -0.05) is 18.9 Å². The van der Waals surface area contributed by atoms with Crippen LogP contribution in [0.25, 0.3) is 0 Å². The molecule has 1 aliphatic carbocycles. The lowest BCUT2D eigenvalue weighted by atomic mass is 9.86. The number of nitrogens with zero attached hydrogens (tertiary/aromatic N) is 3. The molecular weight excluding hydrogens is 466 g/mol. The number of rotatable bonds is 8. The Bertz CT molecular complexity index is 1130. The number of carbonyl (C=O) groups excluding carboxylic acids is 3. The fourth-order valence-electron chi connectivity index (χ4n) is 5.55. The third-order valence-corrected chi connectivity index (χ3v) is 7.66. The Labute approximate surface area is 218 Å². The third kappa shape index (κ3) is 6.62. The number of hydrogen-bond donors (Lipinski definition) is 2. The zero-order chi connectivity index (χ0) is 25.6. The zero-order valence-electron chi connectivity index (χ0n) is 21.5. The van der Waals surface area contributed by atoms with Crippen LogP contribution in [0.5, 0.6) is 0 Å². The molecule has 2 saturated heterocycles. The second-order valence-corrected chi connectivity index (χ2v) is 10.5. The predicted octanol–water partition coefficient (Wildman–Crippen LogP) is 3.83. The van der Waals surface area contributed by atoms with Crippen LogP contribution in [0.1, 0.15) is 61.7 Å². The minimum Gasteiger partial charge on any atom is -0.326 e. The highest BCUT2D eigenvalue weighted by Crippen LogP contribution is 2.34. The highest BCUT2D eigenvalue weighted by atomic mass is 16.2. The van der Waals surface area contributed by atoms with E-state index < -0.39 is 5.92 Å². The first-order valence-corrected chi connectivity index (χ1v) is 13.8. The standard InChI is InChI=1S/C29H37N5O3/c35-27(11-17-33-13-3-1-4-14-33)30-21-7-9-23-25(19-21)32-26-20-22(8-10-24(26)29(23)37)31-28(36)12-18-34-15-5-2-6-16-34/h7-10,19-20,23H,1-6,11-18H2,(H,30,35)(H,31,36). The molecule has 1 aromatic rings. The van der Waals surface area contributed by atoms with Crippen molar-refractivity contribution in [2.24, 2.45) is 10.9 Å². The highest BCUT2D eigenvalue weighted by molar-refractivity contribution is 6.23. The molecular formula is C29H37N5O3. The number of ketones is 1. The maximum absolute atomic E-state index is 13.1. The number of likely N-dealkylation sites (tertiary alicyclic amines) is 2. The van der Waals surface area contributed by atoms with Crippen LogP contribution in [0.4, 0.5) is 11.4 Å². The fourth-order valence-corrected chi connectivity index (χ4v) is 5.55. The number of Topliss-reactive ketones (excluding diaryl/α,β-unsaturated/α-hetero) is 1. The topological polar surface area (TPSA) is 94.1 Å². The molecule has 1 unspecified atom stereocenters. The number of nitrogens with one attached hydrogen (secondary N) is 2. The van der Waals surface area contributed by atoms with E-state index in [4.69, 9.17) is 4.99 Å². The van der Waals surface area contributed by atoms with Gasteiger partial charge in [0.1, 0.15) is 0 Å². The number of benzene rings is 1. The first-order valence-electron chi connectivity index (χ1n) is 13.8. The Kier molecular flexibility index (Phi) is 8.26. The van der Waals surface area contributed by atoms with E-state index in [0.717, 1.165) is 39.3 Å². The van der Waals surface area contributed by atoms with Crippen molar-refractivity contribution in [2.45, 2.75) is 51.4 Å². The van der Waals surface area contributed by atoms with Crippen LogP contribution in [-0.4, -0.2) is 72.4 Å². The molecule has 2 N–H and O–H groups in total. The molecule has 2 fully saturated rings. The van der Waals surface area contributed by atoms with Crippen molar-refractivity contribution >= 4 is 34.7 Å². The molecule has 8 nitrogen and oxygen atoms in total. The van der Waals surface area contributed by atoms with Crippen LogP contribution < -0.4 is 10.6 Å². The van der Waals surface area contributed by atoms with Crippen molar-refractivity contribution in [2.75, 3.05) is 44.6 Å². The highest BCUT2D eigenvalue weighted by Gasteiger charge is 2.31. The Balaban J connectivity index is 1.20. The number of carbonyl (C=O) groups is 3. The molecule has 37 heavy (non-hydrogen) atoms. The summed E-state index contributed by atoms with van der Waals surface area (Å²) in [6.07, 6.45) is 13.6. The number of allylic oxidation sites excluding steroid dienone is 3. The van der Waals surface area contributed by atoms with E-state index in [9.17, 15) is 14.4 Å². The SMILES string of the molecule is O=C(CCN1CCCCC1)NC1=CC2=Nc3cc(NC(=O)CCN4CCCCC4)ccc3C(=O)C2C=C1. The summed E-state index contributed by atoms with van der Waals surface area (Å²) in [4.78, 5) is 47.6. The van der Waals surface area contributed by atoms with Crippen LogP contribution >= 0.6 is 0 Å². The molecule has 0 saturated carbocycles. The second-order valence-electron chi connectivity index (χ2n) is 10.5. The minimum atomic E-state index is -0.452. The summed E-state index contributed by atoms with van der Waals surface area (Å²) < 4.78 is 0. The summed E-state index contributed by atoms with van der Waals surface area (Å²) >= 11 is 0. The van der Waals surface area contributed by atoms with Crippen LogP contribution in [0.3, 0.4) is 0 Å². The van der Waals surface area contributed by atoms with E-state index in [2.05, 4.69) is 20.4 Å². The molecule has 8 heteroatoms. The number of amides is 2. The molecule has 3 aliphatic heterocycles. The predicted molar refractivity (Wildman–Crippen MR) is 145 cm³/mol. The Hall–Kier alpha value is -3.10. The number of aliphatic imine (C=N–C) groups is 1. The first-order chi connectivity index (χ1) is 18.0. The average Bonchev–Trinajstić information content (AvgIpc) is 2.92. The summed E-state index contributed by atoms with van der Waals surface area (Å²) in [6.45, 7) is 5.80. The van der Waals surface area contributed by atoms with Gasteiger partial charge in [-0.15, -0.1) is 0 Å². The smallest absolute Gasteiger partial charge is 0.225 e. The maximum atomic E-state index is 13.1. The van der Waals surface area contributed by atoms with Gasteiger partial charge in [0, 0.05) is 42.9 Å². The van der Waals surface area contributed by atoms with Crippen molar-refractivity contribution < 1.29 is 14.4 Å². The van der Waals surface area contributed by atoms with Crippen molar-refractivity contribution in [1.82, 2.24) is 15.1 Å². The van der Waals surface area contributed by atoms with Gasteiger partial charge < -0.3 is 20.4 Å². The van der Waals surface area contributed by atoms with Crippen molar-refractivity contribution in [3.63, 3.8) is 0 Å². The molecule has 2 amide bonds. The average molecular weight is 504 g/mol. The molecule has 0 bridgehead atoms. The van der Waals surface area contributed by atoms with Gasteiger partial charge in [0.2, 0.25) is 11.8 Å². The van der Waals surface area contributed by atoms with Crippen LogP contribution in [-0.2, 0) is 9.59 Å². The molecule has 1 atom stereocenters. The van der Waals surface area contributed by atoms with E-state index in [1.807, 2.05) is 0 Å². The lowest BCUT2D eigenvalue weighted by molar-refractivity contribution is -0.120. The largest absolute Gasteiger partial charge is 0.326 e. The summed E-state index contributed by atoms with van der Waals surface area (Å²) in [7, 11) is 0. The van der Waals surface area contributed by atoms with Gasteiger partial charge in [0.15, 0.2) is 5.78 Å². The number of hydrogen-bond acceptors (Lipinski definition) is 6. The van der Waals surface area contributed by atoms with Gasteiger partial charge in [-0.25, -0.2) is 0 Å². The lowest BCUT2D eigenvalue weighted by Gasteiger charge is -2.26. The third-order valence-electron chi connectivity index (χ3n) is 7.66. The van der Waals surface area contributed by atoms with Gasteiger partial charge in [0.25, 0.3) is 0 Å². The summed E-state index contributed by atoms with van der Waals surface area (Å²) in [5.41, 5.74) is 3.00. The van der Waals surface area contributed by atoms with E-state index >= 15 is 0 Å². The van der Waals surface area contributed by atoms with Gasteiger partial charge in [-0.3, -0.25) is 19.4 Å². The Morgan fingerprint density at radius 1 is 0.865 bits per heavy atom. The molecule has 5 rings (SSSR count). The van der Waals surface area contributed by atoms with Gasteiger partial charge >= 0.3 is 0 Å². The van der Waals surface area contributed by atoms with E-state index in [0.29, 0.717) is 41.2 Å². The minimum absolute atomic E-state index is 0.0223. The second kappa shape index (κ2) is 12.0. The van der Waals surface area contributed by atoms with E-state index in [-0.39, 0.29) is 17.6 Å². The van der Waals surface area contributed by atoms with Crippen LogP contribution in [0, 0.1) is 5.92 Å². The first kappa shape index (κ1) is 25.5. The quantitative estimate of drug-likeness (QED) is 0.562. The normalized spacial score (nSPS) is 21.9. The van der Waals surface area contributed by atoms with Crippen molar-refractivity contribution in [1.29, 1.82) is 0 Å². The Morgan fingerprint density at radius 3 is 2.14 bits per heavy atom. The number of anilines is 1. The van der Waals surface area contributed by atoms with E-state index in [1.54, 1.807) is 36.4 Å². The van der Waals surface area contributed by atoms with Crippen molar-refractivity contribution in [3.8, 4) is 0 Å². The van der Waals surface area contributed by atoms with Gasteiger partial charge in [-0.05, 0) is 82.2 Å². The van der Waals surface area contributed by atoms with Gasteiger partial charge in [0.05, 0.1) is 17.3 Å². The molecule has 1 aromatic carbocycles. The molecule has 0 radical (unpaired) electrons. The molecule has 4 aliphatic rings. The molecule has 0 aromatic heterocycles. The van der Waals surface area contributed by atoms with Crippen LogP contribution in [0.15, 0.2) is 47.1 Å². The Morgan fingerprint density at radius 2 is 1.49 bits per heavy atom. The number of fused-ring (bicyclic) bond motifs is 2. The lowest BCUT2D eigenvalue weighted by Crippen LogP contribution is -2.34.